The molecule has 206 valence electrons. The molecule has 0 radical (unpaired) electrons. The number of rotatable bonds is 12. The minimum absolute atomic E-state index is 0.0142. The summed E-state index contributed by atoms with van der Waals surface area (Å²) in [6.07, 6.45) is 3.25. The number of aromatic nitrogens is 4. The number of anilines is 1. The smallest absolute Gasteiger partial charge is 0.431 e. The van der Waals surface area contributed by atoms with E-state index in [4.69, 9.17) is 29.0 Å². The monoisotopic (exact) mass is 553 g/mol. The summed E-state index contributed by atoms with van der Waals surface area (Å²) in [6, 6.07) is 4.46. The van der Waals surface area contributed by atoms with Crippen LogP contribution in [0.3, 0.4) is 0 Å². The Balaban J connectivity index is 1.33. The summed E-state index contributed by atoms with van der Waals surface area (Å²) >= 11 is 0. The average Bonchev–Trinajstić information content (AvgIpc) is 3.53. The Bertz CT molecular complexity index is 1370. The number of aromatic amines is 1. The number of ether oxygens (including phenoxy) is 3. The Morgan fingerprint density at radius 3 is 2.84 bits per heavy atom. The van der Waals surface area contributed by atoms with E-state index in [0.717, 1.165) is 25.7 Å². The lowest BCUT2D eigenvalue weighted by Gasteiger charge is -2.19. The molecule has 2 heterocycles. The molecular formula is C23H29FN5O8P. The van der Waals surface area contributed by atoms with Gasteiger partial charge in [-0.3, -0.25) is 18.9 Å². The lowest BCUT2D eigenvalue weighted by Crippen LogP contribution is -2.17. The van der Waals surface area contributed by atoms with Crippen LogP contribution in [0.4, 0.5) is 15.1 Å². The lowest BCUT2D eigenvalue weighted by atomic mass is 10.1. The number of benzene rings is 1. The van der Waals surface area contributed by atoms with Crippen molar-refractivity contribution in [2.75, 3.05) is 25.5 Å². The summed E-state index contributed by atoms with van der Waals surface area (Å²) in [6.45, 7) is 0.905. The molecule has 0 saturated heterocycles. The molecule has 1 atom stereocenters. The third-order valence-electron chi connectivity index (χ3n) is 5.87. The number of fused-ring (bicyclic) bond motifs is 1. The third kappa shape index (κ3) is 7.38. The first kappa shape index (κ1) is 27.7. The second-order valence-corrected chi connectivity index (χ2v) is 10.7. The maximum absolute atomic E-state index is 13.9. The summed E-state index contributed by atoms with van der Waals surface area (Å²) in [5, 5.41) is 0. The Labute approximate surface area is 216 Å². The number of nitrogens with zero attached hydrogens (tertiary/aromatic N) is 3. The van der Waals surface area contributed by atoms with Crippen LogP contribution in [0.25, 0.3) is 11.2 Å². The fourth-order valence-electron chi connectivity index (χ4n) is 3.82. The zero-order valence-corrected chi connectivity index (χ0v) is 21.7. The molecule has 0 bridgehead atoms. The molecule has 1 aliphatic rings. The molecule has 0 aliphatic heterocycles. The predicted octanol–water partition coefficient (Wildman–Crippen LogP) is 3.60. The minimum Gasteiger partial charge on any atom is -0.431 e. The van der Waals surface area contributed by atoms with E-state index in [2.05, 4.69) is 15.0 Å². The van der Waals surface area contributed by atoms with Gasteiger partial charge >= 0.3 is 13.8 Å². The summed E-state index contributed by atoms with van der Waals surface area (Å²) in [4.78, 5) is 34.3. The second kappa shape index (κ2) is 12.5. The minimum atomic E-state index is -3.97. The summed E-state index contributed by atoms with van der Waals surface area (Å²) in [7, 11) is -3.97. The maximum atomic E-state index is 13.9. The Hall–Kier alpha value is -3.32. The van der Waals surface area contributed by atoms with Gasteiger partial charge in [-0.15, -0.1) is 0 Å². The van der Waals surface area contributed by atoms with Gasteiger partial charge in [-0.25, -0.2) is 14.2 Å². The van der Waals surface area contributed by atoms with E-state index in [1.54, 1.807) is 23.6 Å². The van der Waals surface area contributed by atoms with E-state index < -0.39 is 38.3 Å². The number of nitrogen functional groups attached to an aromatic ring is 1. The summed E-state index contributed by atoms with van der Waals surface area (Å²) < 4.78 is 55.2. The van der Waals surface area contributed by atoms with Crippen molar-refractivity contribution >= 4 is 30.9 Å². The van der Waals surface area contributed by atoms with Gasteiger partial charge in [-0.1, -0.05) is 12.1 Å². The van der Waals surface area contributed by atoms with Crippen LogP contribution in [-0.4, -0.2) is 51.5 Å². The van der Waals surface area contributed by atoms with Gasteiger partial charge in [0.05, 0.1) is 19.5 Å². The van der Waals surface area contributed by atoms with E-state index in [1.807, 2.05) is 0 Å². The van der Waals surface area contributed by atoms with Crippen molar-refractivity contribution in [3.63, 3.8) is 0 Å². The molecular weight excluding hydrogens is 524 g/mol. The van der Waals surface area contributed by atoms with Crippen molar-refractivity contribution in [1.82, 2.24) is 19.5 Å². The van der Waals surface area contributed by atoms with Crippen LogP contribution < -0.4 is 11.3 Å². The number of nitrogens with one attached hydrogen (secondary N) is 1. The zero-order chi connectivity index (χ0) is 27.1. The highest BCUT2D eigenvalue weighted by molar-refractivity contribution is 7.53. The molecule has 0 spiro atoms. The van der Waals surface area contributed by atoms with Crippen LogP contribution in [0.1, 0.15) is 36.8 Å². The fourth-order valence-corrected chi connectivity index (χ4v) is 4.95. The molecule has 4 rings (SSSR count). The zero-order valence-electron chi connectivity index (χ0n) is 20.8. The van der Waals surface area contributed by atoms with Crippen molar-refractivity contribution in [2.24, 2.45) is 0 Å². The van der Waals surface area contributed by atoms with Crippen molar-refractivity contribution in [3.8, 4) is 0 Å². The van der Waals surface area contributed by atoms with Gasteiger partial charge in [0.25, 0.3) is 5.56 Å². The van der Waals surface area contributed by atoms with Crippen LogP contribution >= 0.6 is 7.60 Å². The van der Waals surface area contributed by atoms with E-state index in [1.165, 1.54) is 12.4 Å². The largest absolute Gasteiger partial charge is 0.510 e. The summed E-state index contributed by atoms with van der Waals surface area (Å²) in [5.74, 6) is -0.493. The molecule has 13 nitrogen and oxygen atoms in total. The quantitative estimate of drug-likeness (QED) is 0.145. The number of nitrogens with two attached hydrogens (primary N) is 1. The number of H-pyrrole nitrogens is 1. The lowest BCUT2D eigenvalue weighted by molar-refractivity contribution is -0.0211. The number of carbonyl (C=O) groups is 1. The highest BCUT2D eigenvalue weighted by Gasteiger charge is 2.27. The van der Waals surface area contributed by atoms with Gasteiger partial charge in [0.1, 0.15) is 18.3 Å². The van der Waals surface area contributed by atoms with E-state index >= 15 is 0 Å². The van der Waals surface area contributed by atoms with Crippen LogP contribution in [0, 0.1) is 12.7 Å². The van der Waals surface area contributed by atoms with Crippen molar-refractivity contribution < 1.29 is 37.0 Å². The average molecular weight is 553 g/mol. The Kier molecular flexibility index (Phi) is 9.10. The standard InChI is InChI=1S/C23H29FN5O8P/c1-15-6-7-16(10-18(15)24)11-35-38(32,36-13-34-23(31)37-17-4-2-3-5-17)14-33-9-8-29-12-26-19-20(29)27-22(25)28-21(19)30/h6-7,10,12,17H,2-5,8-9,11,13-14H2,1H3,(H3,25,27,28,30). The van der Waals surface area contributed by atoms with Crippen LogP contribution in [0.2, 0.25) is 0 Å². The van der Waals surface area contributed by atoms with Gasteiger partial charge in [0, 0.05) is 6.54 Å². The molecule has 1 aliphatic carbocycles. The van der Waals surface area contributed by atoms with Crippen LogP contribution in [0.15, 0.2) is 29.3 Å². The van der Waals surface area contributed by atoms with Crippen LogP contribution in [-0.2, 0) is 41.0 Å². The van der Waals surface area contributed by atoms with Gasteiger partial charge in [0.15, 0.2) is 11.2 Å². The first-order valence-electron chi connectivity index (χ1n) is 12.0. The van der Waals surface area contributed by atoms with E-state index in [0.29, 0.717) is 11.1 Å². The SMILES string of the molecule is Cc1ccc(COP(=O)(COCCn2cnc3c(=O)[nH]c(N)nc32)OCOC(=O)OC2CCCC2)cc1F. The highest BCUT2D eigenvalue weighted by Crippen LogP contribution is 2.49. The summed E-state index contributed by atoms with van der Waals surface area (Å²) in [5.41, 5.74) is 6.39. The van der Waals surface area contributed by atoms with E-state index in [9.17, 15) is 18.5 Å². The molecule has 0 amide bonds. The molecule has 3 N–H and O–H groups in total. The van der Waals surface area contributed by atoms with Gasteiger partial charge in [-0.05, 0) is 49.8 Å². The van der Waals surface area contributed by atoms with Crippen molar-refractivity contribution in [3.05, 3.63) is 51.8 Å². The predicted molar refractivity (Wildman–Crippen MR) is 133 cm³/mol. The topological polar surface area (TPSA) is 170 Å². The number of imidazole rings is 1. The Morgan fingerprint density at radius 2 is 2.08 bits per heavy atom. The fraction of sp³-hybridized carbons (Fsp3) is 0.478. The molecule has 1 aromatic carbocycles. The molecule has 2 aromatic heterocycles. The number of hydrogen-bond acceptors (Lipinski definition) is 11. The highest BCUT2D eigenvalue weighted by atomic mass is 31.2. The molecule has 38 heavy (non-hydrogen) atoms. The molecule has 1 saturated carbocycles. The van der Waals surface area contributed by atoms with Gasteiger partial charge in [0.2, 0.25) is 12.7 Å². The number of carbonyl (C=O) groups excluding carboxylic acids is 1. The van der Waals surface area contributed by atoms with Gasteiger partial charge in [-0.2, -0.15) is 4.98 Å². The third-order valence-corrected chi connectivity index (χ3v) is 7.39. The Morgan fingerprint density at radius 1 is 1.29 bits per heavy atom. The number of hydrogen-bond donors (Lipinski definition) is 2. The first-order valence-corrected chi connectivity index (χ1v) is 13.7. The van der Waals surface area contributed by atoms with Gasteiger partial charge < -0.3 is 29.0 Å². The molecule has 1 unspecified atom stereocenters. The first-order chi connectivity index (χ1) is 18.2. The second-order valence-electron chi connectivity index (χ2n) is 8.73. The molecule has 1 fully saturated rings. The normalized spacial score (nSPS) is 15.5. The van der Waals surface area contributed by atoms with Crippen molar-refractivity contribution in [2.45, 2.75) is 51.9 Å². The van der Waals surface area contributed by atoms with E-state index in [-0.39, 0.29) is 43.0 Å². The molecule has 15 heteroatoms. The number of aryl methyl sites for hydroxylation is 1. The van der Waals surface area contributed by atoms with Crippen molar-refractivity contribution in [1.29, 1.82) is 0 Å². The maximum Gasteiger partial charge on any atom is 0.510 e. The molecule has 3 aromatic rings. The van der Waals surface area contributed by atoms with Crippen LogP contribution in [0.5, 0.6) is 0 Å². The number of halogens is 1.